The highest BCUT2D eigenvalue weighted by Gasteiger charge is 2.28. The second kappa shape index (κ2) is 9.67. The minimum atomic E-state index is -0.410. The molecule has 3 N–H and O–H groups in total. The van der Waals surface area contributed by atoms with Crippen LogP contribution in [0, 0.1) is 13.8 Å². The van der Waals surface area contributed by atoms with Crippen molar-refractivity contribution in [3.8, 4) is 0 Å². The van der Waals surface area contributed by atoms with Crippen molar-refractivity contribution in [1.29, 1.82) is 0 Å². The molecular formula is C28H25N7O4. The van der Waals surface area contributed by atoms with Crippen molar-refractivity contribution in [2.45, 2.75) is 39.3 Å². The summed E-state index contributed by atoms with van der Waals surface area (Å²) in [6, 6.07) is 10.7. The van der Waals surface area contributed by atoms with E-state index in [4.69, 9.17) is 9.25 Å². The highest BCUT2D eigenvalue weighted by Crippen LogP contribution is 2.35. The Hall–Kier alpha value is -5.06. The smallest absolute Gasteiger partial charge is 0.270 e. The molecule has 0 saturated carbocycles. The molecule has 0 unspecified atom stereocenters. The van der Waals surface area contributed by atoms with E-state index in [0.29, 0.717) is 23.2 Å². The number of carbonyl (C=O) groups excluding carboxylic acids is 2. The van der Waals surface area contributed by atoms with Crippen molar-refractivity contribution in [1.82, 2.24) is 31.1 Å². The number of fused-ring (bicyclic) bond motifs is 2. The molecule has 39 heavy (non-hydrogen) atoms. The highest BCUT2D eigenvalue weighted by molar-refractivity contribution is 6.01. The molecule has 6 rings (SSSR count). The summed E-state index contributed by atoms with van der Waals surface area (Å²) in [6.45, 7) is 7.78. The molecule has 2 amide bonds. The Bertz CT molecular complexity index is 1690. The summed E-state index contributed by atoms with van der Waals surface area (Å²) in [5.74, 6) is 0.734. The van der Waals surface area contributed by atoms with Gasteiger partial charge < -0.3 is 19.9 Å². The van der Waals surface area contributed by atoms with Crippen molar-refractivity contribution in [3.05, 3.63) is 100 Å². The van der Waals surface area contributed by atoms with Crippen molar-refractivity contribution in [3.63, 3.8) is 0 Å². The summed E-state index contributed by atoms with van der Waals surface area (Å²) in [4.78, 5) is 47.8. The quantitative estimate of drug-likeness (QED) is 0.349. The molecule has 0 spiro atoms. The summed E-state index contributed by atoms with van der Waals surface area (Å²) < 4.78 is 5.49. The number of hydrogen-bond acceptors (Lipinski definition) is 9. The van der Waals surface area contributed by atoms with E-state index in [1.165, 1.54) is 18.0 Å². The Balaban J connectivity index is 1.12. The molecule has 11 nitrogen and oxygen atoms in total. The third-order valence-electron chi connectivity index (χ3n) is 6.90. The molecule has 2 aromatic carbocycles. The van der Waals surface area contributed by atoms with Crippen molar-refractivity contribution >= 4 is 28.7 Å². The molecule has 1 aliphatic heterocycles. The van der Waals surface area contributed by atoms with E-state index >= 15 is 0 Å². The maximum absolute atomic E-state index is 13.1. The number of aryl methyl sites for hydroxylation is 1. The van der Waals surface area contributed by atoms with E-state index in [1.807, 2.05) is 37.3 Å². The molecule has 4 aromatic rings. The van der Waals surface area contributed by atoms with Crippen LogP contribution in [-0.2, 0) is 17.8 Å². The Kier molecular flexibility index (Phi) is 6.02. The normalized spacial score (nSPS) is 15.9. The maximum Gasteiger partial charge on any atom is 0.270 e. The third kappa shape index (κ3) is 4.70. The number of carbonyl (C=O) groups is 2. The van der Waals surface area contributed by atoms with Gasteiger partial charge in [0, 0.05) is 25.1 Å². The molecule has 0 saturated heterocycles. The first kappa shape index (κ1) is 24.3. The Morgan fingerprint density at radius 3 is 2.72 bits per heavy atom. The van der Waals surface area contributed by atoms with E-state index in [-0.39, 0.29) is 29.9 Å². The molecule has 11 heteroatoms. The molecule has 0 bridgehead atoms. The number of benzene rings is 2. The van der Waals surface area contributed by atoms with Gasteiger partial charge in [-0.05, 0) is 60.7 Å². The number of aliphatic imine (C=N–C) groups is 1. The first-order chi connectivity index (χ1) is 18.9. The van der Waals surface area contributed by atoms with Gasteiger partial charge in [-0.1, -0.05) is 18.2 Å². The van der Waals surface area contributed by atoms with Crippen LogP contribution in [0.3, 0.4) is 0 Å². The fraction of sp³-hybridized carbons (Fsp3) is 0.214. The van der Waals surface area contributed by atoms with Crippen LogP contribution in [0.1, 0.15) is 67.1 Å². The van der Waals surface area contributed by atoms with E-state index in [1.54, 1.807) is 6.92 Å². The fourth-order valence-electron chi connectivity index (χ4n) is 4.99. The lowest BCUT2D eigenvalue weighted by Gasteiger charge is -2.16. The lowest BCUT2D eigenvalue weighted by molar-refractivity contribution is 0.0931. The zero-order valence-electron chi connectivity index (χ0n) is 21.4. The van der Waals surface area contributed by atoms with Crippen molar-refractivity contribution in [2.75, 3.05) is 0 Å². The molecule has 1 atom stereocenters. The zero-order chi connectivity index (χ0) is 27.1. The summed E-state index contributed by atoms with van der Waals surface area (Å²) >= 11 is 0. The van der Waals surface area contributed by atoms with E-state index < -0.39 is 5.91 Å². The second-order valence-corrected chi connectivity index (χ2v) is 9.44. The number of amidine groups is 1. The molecule has 196 valence electrons. The Morgan fingerprint density at radius 2 is 1.92 bits per heavy atom. The first-order valence-corrected chi connectivity index (χ1v) is 12.5. The van der Waals surface area contributed by atoms with E-state index in [2.05, 4.69) is 42.6 Å². The monoisotopic (exact) mass is 523 g/mol. The fourth-order valence-corrected chi connectivity index (χ4v) is 4.99. The highest BCUT2D eigenvalue weighted by atomic mass is 16.7. The number of amides is 2. The van der Waals surface area contributed by atoms with Crippen LogP contribution in [-0.4, -0.2) is 32.6 Å². The summed E-state index contributed by atoms with van der Waals surface area (Å²) in [6.07, 6.45) is 2.78. The predicted octanol–water partition coefficient (Wildman–Crippen LogP) is 3.33. The molecule has 0 fully saturated rings. The number of hydrogen-bond donors (Lipinski definition) is 3. The van der Waals surface area contributed by atoms with Gasteiger partial charge in [-0.3, -0.25) is 9.59 Å². The molecule has 2 aliphatic rings. The summed E-state index contributed by atoms with van der Waals surface area (Å²) in [5, 5.41) is 5.88. The maximum atomic E-state index is 13.1. The van der Waals surface area contributed by atoms with E-state index in [9.17, 15) is 9.59 Å². The largest absolute Gasteiger partial charge is 0.441 e. The molecule has 3 heterocycles. The van der Waals surface area contributed by atoms with Gasteiger partial charge in [-0.25, -0.2) is 20.4 Å². The van der Waals surface area contributed by atoms with Crippen LogP contribution in [0.25, 0.3) is 11.1 Å². The van der Waals surface area contributed by atoms with Gasteiger partial charge in [0.1, 0.15) is 23.2 Å². The summed E-state index contributed by atoms with van der Waals surface area (Å²) in [5.41, 5.74) is 9.52. The minimum absolute atomic E-state index is 0.106. The van der Waals surface area contributed by atoms with Gasteiger partial charge in [-0.15, -0.1) is 0 Å². The van der Waals surface area contributed by atoms with E-state index in [0.717, 1.165) is 40.6 Å². The molecule has 2 aromatic heterocycles. The topological polar surface area (TPSA) is 144 Å². The van der Waals surface area contributed by atoms with Gasteiger partial charge >= 0.3 is 0 Å². The summed E-state index contributed by atoms with van der Waals surface area (Å²) in [7, 11) is 0. The van der Waals surface area contributed by atoms with Crippen molar-refractivity contribution < 1.29 is 18.8 Å². The lowest BCUT2D eigenvalue weighted by Crippen LogP contribution is -2.29. The Morgan fingerprint density at radius 1 is 1.10 bits per heavy atom. The lowest BCUT2D eigenvalue weighted by atomic mass is 9.97. The van der Waals surface area contributed by atoms with Crippen LogP contribution in [0.4, 0.5) is 0 Å². The first-order valence-electron chi connectivity index (χ1n) is 12.5. The number of rotatable bonds is 6. The predicted molar refractivity (Wildman–Crippen MR) is 142 cm³/mol. The SMILES string of the molecule is C=C1N=C(c2ccc3c(c2C)CC[C@@H]3NC(=O)c2cc(C(=O)NCc3ccc4oc(C)nc4c3)ncn2)NO1. The van der Waals surface area contributed by atoms with Crippen LogP contribution in [0.2, 0.25) is 0 Å². The van der Waals surface area contributed by atoms with Gasteiger partial charge in [0.25, 0.3) is 11.8 Å². The second-order valence-electron chi connectivity index (χ2n) is 9.44. The van der Waals surface area contributed by atoms with Gasteiger partial charge in [0.2, 0.25) is 5.88 Å². The van der Waals surface area contributed by atoms with Gasteiger partial charge in [0.15, 0.2) is 17.3 Å². The molecule has 1 aliphatic carbocycles. The van der Waals surface area contributed by atoms with Crippen LogP contribution in [0.5, 0.6) is 0 Å². The van der Waals surface area contributed by atoms with Gasteiger partial charge in [0.05, 0.1) is 6.04 Å². The number of aromatic nitrogens is 3. The average Bonchev–Trinajstić information content (AvgIpc) is 3.65. The van der Waals surface area contributed by atoms with Crippen molar-refractivity contribution in [2.24, 2.45) is 4.99 Å². The average molecular weight is 524 g/mol. The number of nitrogens with zero attached hydrogens (tertiary/aromatic N) is 4. The molecular weight excluding hydrogens is 498 g/mol. The minimum Gasteiger partial charge on any atom is -0.441 e. The van der Waals surface area contributed by atoms with Gasteiger partial charge in [-0.2, -0.15) is 4.99 Å². The molecule has 0 radical (unpaired) electrons. The third-order valence-corrected chi connectivity index (χ3v) is 6.90. The Labute approximate surface area is 223 Å². The van der Waals surface area contributed by atoms with Crippen LogP contribution >= 0.6 is 0 Å². The number of oxazole rings is 1. The number of hydroxylamine groups is 1. The standard InChI is InChI=1S/C28H25N7O4/c1-14-18-7-8-21(20(18)6-5-19(14)26-33-16(3)39-35-26)34-28(37)24-11-23(30-13-31-24)27(36)29-12-17-4-9-25-22(10-17)32-15(2)38-25/h4-6,9-11,13,21H,3,7-8,12H2,1-2H3,(H,29,36)(H,33,35)(H,34,37)/t21-/m0/s1. The van der Waals surface area contributed by atoms with Crippen LogP contribution < -0.4 is 16.1 Å². The van der Waals surface area contributed by atoms with Crippen LogP contribution in [0.15, 0.2) is 64.6 Å². The zero-order valence-corrected chi connectivity index (χ0v) is 21.4. The number of nitrogens with one attached hydrogen (secondary N) is 3.